The maximum atomic E-state index is 13.5. The van der Waals surface area contributed by atoms with Crippen LogP contribution in [-0.2, 0) is 4.74 Å². The third kappa shape index (κ3) is 1.93. The zero-order chi connectivity index (χ0) is 12.8. The first-order chi connectivity index (χ1) is 9.33. The first-order valence-electron chi connectivity index (χ1n) is 6.81. The topological polar surface area (TPSA) is 39.1 Å². The molecule has 1 saturated heterocycles. The van der Waals surface area contributed by atoms with Gasteiger partial charge in [-0.25, -0.2) is 9.37 Å². The Morgan fingerprint density at radius 2 is 2.26 bits per heavy atom. The SMILES string of the molecule is Fc1ccc2nc(C3COCCN3)n(C3CC3)c2c1. The summed E-state index contributed by atoms with van der Waals surface area (Å²) in [6, 6.07) is 5.42. The third-order valence-corrected chi connectivity index (χ3v) is 3.82. The van der Waals surface area contributed by atoms with Gasteiger partial charge in [0.05, 0.1) is 30.3 Å². The summed E-state index contributed by atoms with van der Waals surface area (Å²) in [5, 5.41) is 3.43. The number of nitrogens with zero attached hydrogens (tertiary/aromatic N) is 2. The van der Waals surface area contributed by atoms with Crippen LogP contribution in [0.4, 0.5) is 4.39 Å². The number of halogens is 1. The Bertz CT molecular complexity index is 614. The first-order valence-corrected chi connectivity index (χ1v) is 6.81. The average Bonchev–Trinajstić information content (AvgIpc) is 3.21. The molecule has 1 saturated carbocycles. The van der Waals surface area contributed by atoms with Gasteiger partial charge in [0.2, 0.25) is 0 Å². The normalized spacial score (nSPS) is 23.9. The van der Waals surface area contributed by atoms with Gasteiger partial charge in [0.1, 0.15) is 11.6 Å². The predicted molar refractivity (Wildman–Crippen MR) is 69.5 cm³/mol. The van der Waals surface area contributed by atoms with Crippen LogP contribution in [0.2, 0.25) is 0 Å². The number of ether oxygens (including phenoxy) is 1. The van der Waals surface area contributed by atoms with Crippen molar-refractivity contribution in [3.8, 4) is 0 Å². The van der Waals surface area contributed by atoms with Gasteiger partial charge >= 0.3 is 0 Å². The van der Waals surface area contributed by atoms with Gasteiger partial charge in [-0.15, -0.1) is 0 Å². The number of fused-ring (bicyclic) bond motifs is 1. The summed E-state index contributed by atoms with van der Waals surface area (Å²) in [6.45, 7) is 2.22. The van der Waals surface area contributed by atoms with Crippen LogP contribution >= 0.6 is 0 Å². The van der Waals surface area contributed by atoms with Crippen LogP contribution in [-0.4, -0.2) is 29.3 Å². The molecule has 1 aliphatic carbocycles. The van der Waals surface area contributed by atoms with E-state index in [4.69, 9.17) is 9.72 Å². The molecule has 19 heavy (non-hydrogen) atoms. The van der Waals surface area contributed by atoms with Crippen molar-refractivity contribution in [2.24, 2.45) is 0 Å². The fourth-order valence-corrected chi connectivity index (χ4v) is 2.78. The molecule has 4 nitrogen and oxygen atoms in total. The Balaban J connectivity index is 1.86. The Hall–Kier alpha value is -1.46. The Labute approximate surface area is 110 Å². The highest BCUT2D eigenvalue weighted by molar-refractivity contribution is 5.76. The summed E-state index contributed by atoms with van der Waals surface area (Å²) < 4.78 is 21.2. The fraction of sp³-hybridized carbons (Fsp3) is 0.500. The fourth-order valence-electron chi connectivity index (χ4n) is 2.78. The highest BCUT2D eigenvalue weighted by Crippen LogP contribution is 2.40. The van der Waals surface area contributed by atoms with Crippen LogP contribution in [0.15, 0.2) is 18.2 Å². The summed E-state index contributed by atoms with van der Waals surface area (Å²) in [4.78, 5) is 4.69. The molecule has 1 unspecified atom stereocenters. The molecule has 1 aliphatic heterocycles. The van der Waals surface area contributed by atoms with E-state index < -0.39 is 0 Å². The number of rotatable bonds is 2. The summed E-state index contributed by atoms with van der Waals surface area (Å²) in [5.74, 6) is 0.788. The minimum absolute atomic E-state index is 0.116. The van der Waals surface area contributed by atoms with Gasteiger partial charge in [0.15, 0.2) is 0 Å². The maximum Gasteiger partial charge on any atom is 0.129 e. The van der Waals surface area contributed by atoms with Crippen molar-refractivity contribution in [2.45, 2.75) is 24.9 Å². The van der Waals surface area contributed by atoms with Gasteiger partial charge in [-0.1, -0.05) is 0 Å². The minimum Gasteiger partial charge on any atom is -0.378 e. The molecule has 1 N–H and O–H groups in total. The van der Waals surface area contributed by atoms with Gasteiger partial charge in [0, 0.05) is 12.6 Å². The van der Waals surface area contributed by atoms with Crippen LogP contribution in [0.25, 0.3) is 11.0 Å². The first kappa shape index (κ1) is 11.4. The standard InChI is InChI=1S/C14H16FN3O/c15-9-1-4-11-13(7-9)18(10-2-3-10)14(17-11)12-8-19-6-5-16-12/h1,4,7,10,12,16H,2-3,5-6,8H2. The molecule has 2 aromatic rings. The van der Waals surface area contributed by atoms with E-state index >= 15 is 0 Å². The zero-order valence-electron chi connectivity index (χ0n) is 10.6. The van der Waals surface area contributed by atoms with Crippen molar-refractivity contribution < 1.29 is 9.13 Å². The lowest BCUT2D eigenvalue weighted by Crippen LogP contribution is -2.36. The van der Waals surface area contributed by atoms with Crippen LogP contribution < -0.4 is 5.32 Å². The van der Waals surface area contributed by atoms with Gasteiger partial charge < -0.3 is 14.6 Å². The highest BCUT2D eigenvalue weighted by atomic mass is 19.1. The second-order valence-electron chi connectivity index (χ2n) is 5.29. The largest absolute Gasteiger partial charge is 0.378 e. The van der Waals surface area contributed by atoms with E-state index in [0.717, 1.165) is 42.9 Å². The molecule has 5 heteroatoms. The number of nitrogens with one attached hydrogen (secondary N) is 1. The van der Waals surface area contributed by atoms with Gasteiger partial charge in [-0.05, 0) is 31.0 Å². The van der Waals surface area contributed by atoms with E-state index in [1.54, 1.807) is 12.1 Å². The zero-order valence-corrected chi connectivity index (χ0v) is 10.6. The summed E-state index contributed by atoms with van der Waals surface area (Å²) in [7, 11) is 0. The van der Waals surface area contributed by atoms with Crippen molar-refractivity contribution in [3.63, 3.8) is 0 Å². The van der Waals surface area contributed by atoms with E-state index in [0.29, 0.717) is 12.6 Å². The number of imidazole rings is 1. The van der Waals surface area contributed by atoms with Crippen molar-refractivity contribution >= 4 is 11.0 Å². The number of hydrogen-bond donors (Lipinski definition) is 1. The molecule has 1 atom stereocenters. The second kappa shape index (κ2) is 4.28. The summed E-state index contributed by atoms with van der Waals surface area (Å²) in [6.07, 6.45) is 2.31. The molecule has 100 valence electrons. The van der Waals surface area contributed by atoms with Crippen molar-refractivity contribution in [1.82, 2.24) is 14.9 Å². The minimum atomic E-state index is -0.200. The molecule has 0 radical (unpaired) electrons. The quantitative estimate of drug-likeness (QED) is 0.900. The second-order valence-corrected chi connectivity index (χ2v) is 5.29. The molecule has 4 rings (SSSR count). The van der Waals surface area contributed by atoms with Crippen molar-refractivity contribution in [1.29, 1.82) is 0 Å². The van der Waals surface area contributed by atoms with Gasteiger partial charge in [0.25, 0.3) is 0 Å². The number of benzene rings is 1. The van der Waals surface area contributed by atoms with E-state index in [2.05, 4.69) is 9.88 Å². The Morgan fingerprint density at radius 1 is 1.37 bits per heavy atom. The lowest BCUT2D eigenvalue weighted by molar-refractivity contribution is 0.0732. The van der Waals surface area contributed by atoms with Crippen LogP contribution in [0.5, 0.6) is 0 Å². The maximum absolute atomic E-state index is 13.5. The molecule has 2 aliphatic rings. The smallest absolute Gasteiger partial charge is 0.129 e. The number of morpholine rings is 1. The van der Waals surface area contributed by atoms with Crippen molar-refractivity contribution in [3.05, 3.63) is 29.8 Å². The van der Waals surface area contributed by atoms with Crippen LogP contribution in [0, 0.1) is 5.82 Å². The van der Waals surface area contributed by atoms with Gasteiger partial charge in [-0.3, -0.25) is 0 Å². The van der Waals surface area contributed by atoms with Crippen molar-refractivity contribution in [2.75, 3.05) is 19.8 Å². The molecular formula is C14H16FN3O. The van der Waals surface area contributed by atoms with E-state index in [1.807, 2.05) is 0 Å². The predicted octanol–water partition coefficient (Wildman–Crippen LogP) is 2.17. The molecule has 0 amide bonds. The Morgan fingerprint density at radius 3 is 3.00 bits per heavy atom. The summed E-state index contributed by atoms with van der Waals surface area (Å²) in [5.41, 5.74) is 1.78. The molecule has 1 aromatic heterocycles. The van der Waals surface area contributed by atoms with Gasteiger partial charge in [-0.2, -0.15) is 0 Å². The molecule has 0 spiro atoms. The molecule has 0 bridgehead atoms. The Kier molecular flexibility index (Phi) is 2.56. The molecule has 2 heterocycles. The van der Waals surface area contributed by atoms with E-state index in [9.17, 15) is 4.39 Å². The van der Waals surface area contributed by atoms with E-state index in [1.165, 1.54) is 6.07 Å². The van der Waals surface area contributed by atoms with Crippen LogP contribution in [0.1, 0.15) is 30.7 Å². The molecule has 1 aromatic carbocycles. The lowest BCUT2D eigenvalue weighted by Gasteiger charge is -2.24. The lowest BCUT2D eigenvalue weighted by atomic mass is 10.2. The number of hydrogen-bond acceptors (Lipinski definition) is 3. The number of aromatic nitrogens is 2. The molecular weight excluding hydrogens is 245 g/mol. The monoisotopic (exact) mass is 261 g/mol. The average molecular weight is 261 g/mol. The third-order valence-electron chi connectivity index (χ3n) is 3.82. The highest BCUT2D eigenvalue weighted by Gasteiger charge is 2.31. The summed E-state index contributed by atoms with van der Waals surface area (Å²) >= 11 is 0. The van der Waals surface area contributed by atoms with E-state index in [-0.39, 0.29) is 11.9 Å². The van der Waals surface area contributed by atoms with Crippen LogP contribution in [0.3, 0.4) is 0 Å². The molecule has 2 fully saturated rings.